The summed E-state index contributed by atoms with van der Waals surface area (Å²) in [5, 5.41) is 2.96. The van der Waals surface area contributed by atoms with Gasteiger partial charge in [-0.2, -0.15) is 0 Å². The molecule has 3 aromatic carbocycles. The van der Waals surface area contributed by atoms with E-state index in [1.54, 1.807) is 31.3 Å². The van der Waals surface area contributed by atoms with Crippen LogP contribution in [-0.2, 0) is 21.9 Å². The zero-order chi connectivity index (χ0) is 27.6. The molecule has 1 heterocycles. The number of fused-ring (bicyclic) bond motifs is 1. The van der Waals surface area contributed by atoms with E-state index in [0.29, 0.717) is 16.1 Å². The fraction of sp³-hybridized carbons (Fsp3) is 0.200. The molecule has 0 radical (unpaired) electrons. The first kappa shape index (κ1) is 27.3. The van der Waals surface area contributed by atoms with Crippen LogP contribution >= 0.6 is 22.9 Å². The van der Waals surface area contributed by atoms with Gasteiger partial charge in [0.25, 0.3) is 10.0 Å². The minimum absolute atomic E-state index is 0.0710. The standard InChI is InChI=1S/C25H24ClN3O7S2/c1-28-18-8-6-16(12-23(18)37-25(28)31)27-24(30)14-29(19-11-15(26)5-9-20(19)34-2)38(32,33)17-7-10-21(35-3)22(13-17)36-4/h5-13H,14H2,1-4H3,(H,27,30). The number of carbonyl (C=O) groups excluding carboxylic acids is 1. The van der Waals surface area contributed by atoms with Gasteiger partial charge in [0.05, 0.1) is 42.1 Å². The summed E-state index contributed by atoms with van der Waals surface area (Å²) in [6, 6.07) is 13.6. The number of halogens is 1. The Labute approximate surface area is 228 Å². The zero-order valence-electron chi connectivity index (χ0n) is 20.8. The molecule has 1 aromatic heterocycles. The second-order valence-corrected chi connectivity index (χ2v) is 11.3. The SMILES string of the molecule is COc1ccc(S(=O)(=O)N(CC(=O)Nc2ccc3c(c2)sc(=O)n3C)c2cc(Cl)ccc2OC)cc1OC. The Morgan fingerprint density at radius 2 is 1.66 bits per heavy atom. The number of aryl methyl sites for hydroxylation is 1. The van der Waals surface area contributed by atoms with Gasteiger partial charge in [-0.05, 0) is 48.5 Å². The predicted octanol–water partition coefficient (Wildman–Crippen LogP) is 4.11. The lowest BCUT2D eigenvalue weighted by Gasteiger charge is -2.26. The highest BCUT2D eigenvalue weighted by molar-refractivity contribution is 7.92. The Hall–Kier alpha value is -3.74. The number of hydrogen-bond acceptors (Lipinski definition) is 8. The highest BCUT2D eigenvalue weighted by atomic mass is 35.5. The third kappa shape index (κ3) is 5.28. The van der Waals surface area contributed by atoms with Crippen molar-refractivity contribution in [3.8, 4) is 17.2 Å². The Morgan fingerprint density at radius 3 is 2.34 bits per heavy atom. The Bertz CT molecular complexity index is 1680. The van der Waals surface area contributed by atoms with E-state index in [1.807, 2.05) is 0 Å². The number of benzene rings is 3. The molecule has 0 atom stereocenters. The van der Waals surface area contributed by atoms with E-state index in [2.05, 4.69) is 5.32 Å². The molecule has 0 fully saturated rings. The molecule has 0 saturated heterocycles. The molecule has 38 heavy (non-hydrogen) atoms. The summed E-state index contributed by atoms with van der Waals surface area (Å²) in [5.41, 5.74) is 1.20. The van der Waals surface area contributed by atoms with Gasteiger partial charge >= 0.3 is 4.87 Å². The molecule has 1 N–H and O–H groups in total. The van der Waals surface area contributed by atoms with Gasteiger partial charge in [0.2, 0.25) is 5.91 Å². The van der Waals surface area contributed by atoms with Crippen molar-refractivity contribution in [1.82, 2.24) is 4.57 Å². The number of hydrogen-bond donors (Lipinski definition) is 1. The maximum absolute atomic E-state index is 13.9. The molecule has 0 aliphatic heterocycles. The number of thiazole rings is 1. The second-order valence-electron chi connectivity index (χ2n) is 8.00. The van der Waals surface area contributed by atoms with Gasteiger partial charge < -0.3 is 24.1 Å². The summed E-state index contributed by atoms with van der Waals surface area (Å²) in [6.07, 6.45) is 0. The average Bonchev–Trinajstić information content (AvgIpc) is 3.18. The van der Waals surface area contributed by atoms with Crippen LogP contribution in [0, 0.1) is 0 Å². The quantitative estimate of drug-likeness (QED) is 0.318. The average molecular weight is 578 g/mol. The van der Waals surface area contributed by atoms with Gasteiger partial charge in [-0.3, -0.25) is 13.9 Å². The van der Waals surface area contributed by atoms with Crippen molar-refractivity contribution in [3.05, 3.63) is 69.3 Å². The number of sulfonamides is 1. The van der Waals surface area contributed by atoms with E-state index >= 15 is 0 Å². The van der Waals surface area contributed by atoms with Crippen LogP contribution in [0.25, 0.3) is 10.2 Å². The van der Waals surface area contributed by atoms with Crippen LogP contribution in [-0.4, -0.2) is 46.8 Å². The van der Waals surface area contributed by atoms with Crippen molar-refractivity contribution in [2.24, 2.45) is 7.05 Å². The van der Waals surface area contributed by atoms with E-state index in [1.165, 1.54) is 56.2 Å². The van der Waals surface area contributed by atoms with Crippen LogP contribution in [0.3, 0.4) is 0 Å². The first-order valence-electron chi connectivity index (χ1n) is 11.1. The second kappa shape index (κ2) is 10.9. The number of nitrogens with one attached hydrogen (secondary N) is 1. The summed E-state index contributed by atoms with van der Waals surface area (Å²) >= 11 is 7.24. The van der Waals surface area contributed by atoms with Gasteiger partial charge in [0.15, 0.2) is 11.5 Å². The van der Waals surface area contributed by atoms with Gasteiger partial charge in [-0.15, -0.1) is 0 Å². The molecular weight excluding hydrogens is 554 g/mol. The fourth-order valence-electron chi connectivity index (χ4n) is 3.80. The van der Waals surface area contributed by atoms with Crippen molar-refractivity contribution in [2.75, 3.05) is 37.5 Å². The number of aromatic nitrogens is 1. The van der Waals surface area contributed by atoms with Gasteiger partial charge in [-0.1, -0.05) is 22.9 Å². The highest BCUT2D eigenvalue weighted by Gasteiger charge is 2.31. The van der Waals surface area contributed by atoms with Crippen molar-refractivity contribution < 1.29 is 27.4 Å². The predicted molar refractivity (Wildman–Crippen MR) is 148 cm³/mol. The first-order valence-corrected chi connectivity index (χ1v) is 13.7. The van der Waals surface area contributed by atoms with Crippen LogP contribution < -0.4 is 28.7 Å². The van der Waals surface area contributed by atoms with E-state index in [0.717, 1.165) is 21.2 Å². The molecule has 10 nitrogen and oxygen atoms in total. The van der Waals surface area contributed by atoms with Crippen LogP contribution in [0.5, 0.6) is 17.2 Å². The Morgan fingerprint density at radius 1 is 0.974 bits per heavy atom. The number of nitrogens with zero attached hydrogens (tertiary/aromatic N) is 2. The summed E-state index contributed by atoms with van der Waals surface area (Å²) in [4.78, 5) is 24.9. The lowest BCUT2D eigenvalue weighted by atomic mass is 10.2. The summed E-state index contributed by atoms with van der Waals surface area (Å²) in [6.45, 7) is -0.601. The summed E-state index contributed by atoms with van der Waals surface area (Å²) < 4.78 is 46.8. The van der Waals surface area contributed by atoms with Crippen molar-refractivity contribution in [3.63, 3.8) is 0 Å². The zero-order valence-corrected chi connectivity index (χ0v) is 23.2. The number of methoxy groups -OCH3 is 3. The number of carbonyl (C=O) groups is 1. The van der Waals surface area contributed by atoms with Gasteiger partial charge in [0, 0.05) is 23.8 Å². The highest BCUT2D eigenvalue weighted by Crippen LogP contribution is 2.37. The topological polar surface area (TPSA) is 116 Å². The lowest BCUT2D eigenvalue weighted by Crippen LogP contribution is -2.38. The van der Waals surface area contributed by atoms with Crippen LogP contribution in [0.2, 0.25) is 5.02 Å². The van der Waals surface area contributed by atoms with Crippen molar-refractivity contribution in [1.29, 1.82) is 0 Å². The molecule has 0 aliphatic carbocycles. The van der Waals surface area contributed by atoms with Crippen molar-refractivity contribution >= 4 is 60.5 Å². The molecule has 1 amide bonds. The van der Waals surface area contributed by atoms with E-state index in [4.69, 9.17) is 25.8 Å². The third-order valence-electron chi connectivity index (χ3n) is 5.72. The Balaban J connectivity index is 1.74. The third-order valence-corrected chi connectivity index (χ3v) is 8.70. The van der Waals surface area contributed by atoms with Gasteiger partial charge in [0.1, 0.15) is 12.3 Å². The molecule has 200 valence electrons. The van der Waals surface area contributed by atoms with E-state index in [-0.39, 0.29) is 32.0 Å². The normalized spacial score (nSPS) is 11.3. The molecule has 0 spiro atoms. The number of anilines is 2. The minimum atomic E-state index is -4.33. The van der Waals surface area contributed by atoms with E-state index in [9.17, 15) is 18.0 Å². The van der Waals surface area contributed by atoms with Crippen LogP contribution in [0.15, 0.2) is 64.3 Å². The molecule has 0 unspecified atom stereocenters. The maximum atomic E-state index is 13.9. The molecule has 0 aliphatic rings. The minimum Gasteiger partial charge on any atom is -0.495 e. The summed E-state index contributed by atoms with van der Waals surface area (Å²) in [7, 11) is 1.54. The monoisotopic (exact) mass is 577 g/mol. The maximum Gasteiger partial charge on any atom is 0.307 e. The number of rotatable bonds is 9. The smallest absolute Gasteiger partial charge is 0.307 e. The molecule has 4 rings (SSSR count). The largest absolute Gasteiger partial charge is 0.495 e. The molecule has 4 aromatic rings. The molecular formula is C25H24ClN3O7S2. The first-order chi connectivity index (χ1) is 18.1. The van der Waals surface area contributed by atoms with Crippen LogP contribution in [0.1, 0.15) is 0 Å². The Kier molecular flexibility index (Phi) is 7.86. The number of ether oxygens (including phenoxy) is 3. The van der Waals surface area contributed by atoms with Crippen LogP contribution in [0.4, 0.5) is 11.4 Å². The van der Waals surface area contributed by atoms with E-state index < -0.39 is 22.5 Å². The molecule has 0 bridgehead atoms. The molecule has 0 saturated carbocycles. The number of amides is 1. The van der Waals surface area contributed by atoms with Gasteiger partial charge in [-0.25, -0.2) is 8.42 Å². The summed E-state index contributed by atoms with van der Waals surface area (Å²) in [5.74, 6) is 0.112. The fourth-order valence-corrected chi connectivity index (χ4v) is 6.33. The molecule has 13 heteroatoms. The lowest BCUT2D eigenvalue weighted by molar-refractivity contribution is -0.114. The van der Waals surface area contributed by atoms with Crippen molar-refractivity contribution in [2.45, 2.75) is 4.90 Å².